The first-order valence-corrected chi connectivity index (χ1v) is 14.2. The summed E-state index contributed by atoms with van der Waals surface area (Å²) in [4.78, 5) is 17.4. The number of ether oxygens (including phenoxy) is 2. The van der Waals surface area contributed by atoms with Crippen LogP contribution in [0.5, 0.6) is 5.75 Å². The van der Waals surface area contributed by atoms with E-state index in [4.69, 9.17) is 14.5 Å². The third kappa shape index (κ3) is 5.96. The van der Waals surface area contributed by atoms with Gasteiger partial charge in [-0.25, -0.2) is 18.1 Å². The molecule has 0 radical (unpaired) electrons. The normalized spacial score (nSPS) is 19.9. The van der Waals surface area contributed by atoms with E-state index in [1.54, 1.807) is 12.1 Å². The van der Waals surface area contributed by atoms with E-state index < -0.39 is 16.1 Å². The van der Waals surface area contributed by atoms with E-state index in [0.717, 1.165) is 47.3 Å². The van der Waals surface area contributed by atoms with Gasteiger partial charge in [0.1, 0.15) is 10.6 Å². The predicted molar refractivity (Wildman–Crippen MR) is 136 cm³/mol. The van der Waals surface area contributed by atoms with Crippen molar-refractivity contribution in [1.29, 1.82) is 0 Å². The van der Waals surface area contributed by atoms with Crippen molar-refractivity contribution >= 4 is 32.4 Å². The standard InChI is InChI=1S/C24H34N4O5S2/c1-15-22(34-23(26-15)27-24(2,3)17-8-11-33-12-9-17)16-5-6-19(32-4)20(13-16)35(30,31)28-18-7-10-25-21(29)14-18/h5-6,13,17-18,28H,7-12,14H2,1-4H3,(H,25,29)(H,26,27). The van der Waals surface area contributed by atoms with E-state index in [0.29, 0.717) is 18.9 Å². The smallest absolute Gasteiger partial charge is 0.244 e. The highest BCUT2D eigenvalue weighted by atomic mass is 32.2. The number of aromatic nitrogens is 1. The minimum Gasteiger partial charge on any atom is -0.495 e. The van der Waals surface area contributed by atoms with E-state index in [1.165, 1.54) is 18.4 Å². The molecule has 3 N–H and O–H groups in total. The summed E-state index contributed by atoms with van der Waals surface area (Å²) in [5, 5.41) is 7.13. The quantitative estimate of drug-likeness (QED) is 0.487. The number of aryl methyl sites for hydroxylation is 1. The summed E-state index contributed by atoms with van der Waals surface area (Å²) >= 11 is 1.51. The molecule has 192 valence electrons. The highest BCUT2D eigenvalue weighted by Gasteiger charge is 2.32. The van der Waals surface area contributed by atoms with Crippen LogP contribution in [0.15, 0.2) is 23.1 Å². The van der Waals surface area contributed by atoms with Gasteiger partial charge in [-0.1, -0.05) is 11.3 Å². The number of hydrogen-bond donors (Lipinski definition) is 3. The van der Waals surface area contributed by atoms with Crippen LogP contribution in [0.2, 0.25) is 0 Å². The van der Waals surface area contributed by atoms with Crippen molar-refractivity contribution in [3.8, 4) is 16.2 Å². The van der Waals surface area contributed by atoms with E-state index in [9.17, 15) is 13.2 Å². The highest BCUT2D eigenvalue weighted by Crippen LogP contribution is 2.39. The second-order valence-corrected chi connectivity index (χ2v) is 12.4. The second kappa shape index (κ2) is 10.4. The van der Waals surface area contributed by atoms with Gasteiger partial charge in [-0.05, 0) is 69.7 Å². The Morgan fingerprint density at radius 1 is 1.23 bits per heavy atom. The fraction of sp³-hybridized carbons (Fsp3) is 0.583. The number of carbonyl (C=O) groups excluding carboxylic acids is 1. The number of nitrogens with zero attached hydrogens (tertiary/aromatic N) is 1. The van der Waals surface area contributed by atoms with Gasteiger partial charge in [0.25, 0.3) is 0 Å². The molecule has 2 fully saturated rings. The minimum atomic E-state index is -3.90. The lowest BCUT2D eigenvalue weighted by molar-refractivity contribution is -0.122. The second-order valence-electron chi connectivity index (χ2n) is 9.69. The van der Waals surface area contributed by atoms with Crippen LogP contribution in [0.4, 0.5) is 5.13 Å². The minimum absolute atomic E-state index is 0.0494. The first-order valence-electron chi connectivity index (χ1n) is 11.9. The van der Waals surface area contributed by atoms with Gasteiger partial charge in [-0.15, -0.1) is 0 Å². The molecule has 0 spiro atoms. The van der Waals surface area contributed by atoms with Crippen LogP contribution >= 0.6 is 11.3 Å². The fourth-order valence-corrected chi connectivity index (χ4v) is 7.30. The van der Waals surface area contributed by atoms with E-state index in [2.05, 4.69) is 29.2 Å². The molecule has 35 heavy (non-hydrogen) atoms. The Bertz CT molecular complexity index is 1170. The summed E-state index contributed by atoms with van der Waals surface area (Å²) < 4.78 is 40.1. The lowest BCUT2D eigenvalue weighted by Gasteiger charge is -2.37. The van der Waals surface area contributed by atoms with Crippen molar-refractivity contribution in [2.75, 3.05) is 32.2 Å². The van der Waals surface area contributed by atoms with Crippen LogP contribution in [0.3, 0.4) is 0 Å². The Hall–Kier alpha value is -2.21. The average molecular weight is 523 g/mol. The molecule has 11 heteroatoms. The largest absolute Gasteiger partial charge is 0.495 e. The monoisotopic (exact) mass is 522 g/mol. The van der Waals surface area contributed by atoms with E-state index in [-0.39, 0.29) is 28.5 Å². The van der Waals surface area contributed by atoms with E-state index >= 15 is 0 Å². The van der Waals surface area contributed by atoms with Crippen molar-refractivity contribution in [3.63, 3.8) is 0 Å². The summed E-state index contributed by atoms with van der Waals surface area (Å²) in [6.07, 6.45) is 2.67. The molecule has 9 nitrogen and oxygen atoms in total. The van der Waals surface area contributed by atoms with Gasteiger partial charge in [0.15, 0.2) is 5.13 Å². The number of amides is 1. The van der Waals surface area contributed by atoms with Crippen LogP contribution in [-0.4, -0.2) is 57.8 Å². The number of rotatable bonds is 8. The van der Waals surface area contributed by atoms with Gasteiger partial charge in [-0.3, -0.25) is 4.79 Å². The van der Waals surface area contributed by atoms with Gasteiger partial charge in [-0.2, -0.15) is 0 Å². The lowest BCUT2D eigenvalue weighted by atomic mass is 9.82. The maximum atomic E-state index is 13.3. The van der Waals surface area contributed by atoms with Crippen LogP contribution in [0.1, 0.15) is 45.2 Å². The Kier molecular flexibility index (Phi) is 7.70. The van der Waals surface area contributed by atoms with Crippen LogP contribution in [-0.2, 0) is 19.6 Å². The number of carbonyl (C=O) groups is 1. The molecule has 0 saturated carbocycles. The average Bonchev–Trinajstić information content (AvgIpc) is 3.18. The van der Waals surface area contributed by atoms with Crippen molar-refractivity contribution in [2.45, 2.75) is 62.9 Å². The number of nitrogens with one attached hydrogen (secondary N) is 3. The van der Waals surface area contributed by atoms with Crippen molar-refractivity contribution < 1.29 is 22.7 Å². The number of thiazole rings is 1. The Balaban J connectivity index is 1.59. The Labute approximate surface area is 211 Å². The van der Waals surface area contributed by atoms with Crippen molar-refractivity contribution in [3.05, 3.63) is 23.9 Å². The number of methoxy groups -OCH3 is 1. The summed E-state index contributed by atoms with van der Waals surface area (Å²) in [5.41, 5.74) is 1.43. The molecule has 1 atom stereocenters. The molecule has 2 aliphatic rings. The van der Waals surface area contributed by atoms with Gasteiger partial charge >= 0.3 is 0 Å². The van der Waals surface area contributed by atoms with Gasteiger partial charge in [0.2, 0.25) is 15.9 Å². The number of anilines is 1. The van der Waals surface area contributed by atoms with Crippen molar-refractivity contribution in [2.24, 2.45) is 5.92 Å². The molecular formula is C24H34N4O5S2. The van der Waals surface area contributed by atoms with Gasteiger partial charge in [0, 0.05) is 37.8 Å². The van der Waals surface area contributed by atoms with Gasteiger partial charge < -0.3 is 20.1 Å². The molecule has 1 aromatic carbocycles. The number of benzene rings is 1. The number of sulfonamides is 1. The Morgan fingerprint density at radius 3 is 2.66 bits per heavy atom. The molecule has 2 aliphatic heterocycles. The van der Waals surface area contributed by atoms with E-state index in [1.807, 2.05) is 13.0 Å². The highest BCUT2D eigenvalue weighted by molar-refractivity contribution is 7.89. The first-order chi connectivity index (χ1) is 16.6. The third-order valence-electron chi connectivity index (χ3n) is 6.75. The SMILES string of the molecule is COc1ccc(-c2sc(NC(C)(C)C3CCOCC3)nc2C)cc1S(=O)(=O)NC1CCNC(=O)C1. The van der Waals surface area contributed by atoms with Crippen LogP contribution in [0, 0.1) is 12.8 Å². The van der Waals surface area contributed by atoms with Crippen LogP contribution in [0.25, 0.3) is 10.4 Å². The topological polar surface area (TPSA) is 119 Å². The summed E-state index contributed by atoms with van der Waals surface area (Å²) in [6, 6.07) is 4.68. The third-order valence-corrected chi connectivity index (χ3v) is 9.42. The summed E-state index contributed by atoms with van der Waals surface area (Å²) in [7, 11) is -2.46. The van der Waals surface area contributed by atoms with Crippen molar-refractivity contribution in [1.82, 2.24) is 15.0 Å². The molecule has 0 bridgehead atoms. The first kappa shape index (κ1) is 25.9. The molecule has 0 aliphatic carbocycles. The number of piperidine rings is 1. The molecule has 2 saturated heterocycles. The zero-order valence-corrected chi connectivity index (χ0v) is 22.3. The molecule has 2 aromatic rings. The van der Waals surface area contributed by atoms with Gasteiger partial charge in [0.05, 0.1) is 17.7 Å². The molecule has 1 unspecified atom stereocenters. The molecular weight excluding hydrogens is 488 g/mol. The number of hydrogen-bond acceptors (Lipinski definition) is 8. The summed E-state index contributed by atoms with van der Waals surface area (Å²) in [6.45, 7) is 8.31. The fourth-order valence-electron chi connectivity index (χ4n) is 4.71. The zero-order valence-electron chi connectivity index (χ0n) is 20.6. The summed E-state index contributed by atoms with van der Waals surface area (Å²) in [5.74, 6) is 0.575. The molecule has 1 aromatic heterocycles. The Morgan fingerprint density at radius 2 is 1.97 bits per heavy atom. The molecule has 1 amide bonds. The zero-order chi connectivity index (χ0) is 25.2. The molecule has 4 rings (SSSR count). The van der Waals surface area contributed by atoms with Crippen LogP contribution < -0.4 is 20.1 Å². The maximum absolute atomic E-state index is 13.3. The molecule has 3 heterocycles. The maximum Gasteiger partial charge on any atom is 0.244 e. The predicted octanol–water partition coefficient (Wildman–Crippen LogP) is 3.30. The lowest BCUT2D eigenvalue weighted by Crippen LogP contribution is -2.45.